The van der Waals surface area contributed by atoms with Crippen LogP contribution in [-0.2, 0) is 4.57 Å². The third-order valence-corrected chi connectivity index (χ3v) is 7.11. The summed E-state index contributed by atoms with van der Waals surface area (Å²) >= 11 is 0. The van der Waals surface area contributed by atoms with Crippen molar-refractivity contribution in [1.82, 2.24) is 14.4 Å². The molecule has 7 heteroatoms. The number of carbonyl (C=O) groups excluding carboxylic acids is 1. The number of hydrogen-bond acceptors (Lipinski definition) is 2. The molecule has 5 nitrogen and oxygen atoms in total. The van der Waals surface area contributed by atoms with Crippen LogP contribution in [0.3, 0.4) is 0 Å². The first-order valence-corrected chi connectivity index (χ1v) is 9.40. The zero-order valence-corrected chi connectivity index (χ0v) is 13.4. The van der Waals surface area contributed by atoms with E-state index in [0.717, 1.165) is 51.9 Å². The average Bonchev–Trinajstić information content (AvgIpc) is 3.21. The zero-order chi connectivity index (χ0) is 15.6. The van der Waals surface area contributed by atoms with E-state index in [9.17, 15) is 13.8 Å². The van der Waals surface area contributed by atoms with Gasteiger partial charge >= 0.3 is 7.59 Å². The van der Waals surface area contributed by atoms with E-state index in [-0.39, 0.29) is 5.82 Å². The summed E-state index contributed by atoms with van der Waals surface area (Å²) in [5.74, 6) is -0.791. The van der Waals surface area contributed by atoms with Gasteiger partial charge in [-0.15, -0.1) is 0 Å². The van der Waals surface area contributed by atoms with Crippen LogP contribution in [-0.4, -0.2) is 41.4 Å². The maximum absolute atomic E-state index is 13.5. The molecule has 2 saturated heterocycles. The first-order valence-electron chi connectivity index (χ1n) is 7.79. The van der Waals surface area contributed by atoms with Gasteiger partial charge in [0.25, 0.3) is 5.91 Å². The van der Waals surface area contributed by atoms with E-state index in [1.165, 1.54) is 24.3 Å². The molecule has 3 rings (SSSR count). The van der Waals surface area contributed by atoms with E-state index in [1.54, 1.807) is 0 Å². The van der Waals surface area contributed by atoms with E-state index in [2.05, 4.69) is 5.09 Å². The molecule has 1 amide bonds. The van der Waals surface area contributed by atoms with Gasteiger partial charge in [-0.3, -0.25) is 14.4 Å². The lowest BCUT2D eigenvalue weighted by atomic mass is 10.2. The second-order valence-electron chi connectivity index (χ2n) is 5.81. The van der Waals surface area contributed by atoms with Gasteiger partial charge in [0.1, 0.15) is 5.82 Å². The van der Waals surface area contributed by atoms with Crippen molar-refractivity contribution in [3.05, 3.63) is 35.6 Å². The minimum Gasteiger partial charge on any atom is -0.279 e. The van der Waals surface area contributed by atoms with Crippen LogP contribution in [0, 0.1) is 5.82 Å². The molecule has 2 aliphatic rings. The van der Waals surface area contributed by atoms with Crippen molar-refractivity contribution in [3.8, 4) is 0 Å². The molecule has 2 fully saturated rings. The molecule has 0 aromatic heterocycles. The summed E-state index contributed by atoms with van der Waals surface area (Å²) in [6, 6.07) is 5.32. The van der Waals surface area contributed by atoms with Crippen molar-refractivity contribution >= 4 is 13.5 Å². The largest absolute Gasteiger partial charge is 0.311 e. The molecule has 2 aliphatic heterocycles. The standard InChI is InChI=1S/C15H21FN3O2P/c16-14-7-5-13(6-8-14)15(20)17-22(21,18-9-1-2-10-18)19-11-3-4-12-19/h5-8H,1-4,9-12H2,(H,17,20,21). The summed E-state index contributed by atoms with van der Waals surface area (Å²) in [6.07, 6.45) is 4.02. The van der Waals surface area contributed by atoms with Crippen LogP contribution in [0.25, 0.3) is 0 Å². The fourth-order valence-electron chi connectivity index (χ4n) is 3.06. The van der Waals surface area contributed by atoms with Gasteiger partial charge in [0.2, 0.25) is 0 Å². The van der Waals surface area contributed by atoms with Gasteiger partial charge in [0, 0.05) is 31.7 Å². The molecule has 0 atom stereocenters. The predicted octanol–water partition coefficient (Wildman–Crippen LogP) is 2.86. The highest BCUT2D eigenvalue weighted by atomic mass is 31.2. The summed E-state index contributed by atoms with van der Waals surface area (Å²) in [4.78, 5) is 12.4. The van der Waals surface area contributed by atoms with Crippen LogP contribution < -0.4 is 5.09 Å². The Kier molecular flexibility index (Phi) is 4.62. The summed E-state index contributed by atoms with van der Waals surface area (Å²) in [5.41, 5.74) is 0.333. The molecule has 0 aliphatic carbocycles. The van der Waals surface area contributed by atoms with Gasteiger partial charge in [-0.1, -0.05) is 0 Å². The summed E-state index contributed by atoms with van der Waals surface area (Å²) in [5, 5.41) is 2.76. The molecule has 22 heavy (non-hydrogen) atoms. The van der Waals surface area contributed by atoms with E-state index in [4.69, 9.17) is 0 Å². The molecule has 1 N–H and O–H groups in total. The Hall–Kier alpha value is -1.23. The zero-order valence-electron chi connectivity index (χ0n) is 12.5. The number of halogens is 1. The van der Waals surface area contributed by atoms with E-state index in [1.807, 2.05) is 9.34 Å². The van der Waals surface area contributed by atoms with E-state index in [0.29, 0.717) is 5.56 Å². The van der Waals surface area contributed by atoms with Gasteiger partial charge in [-0.25, -0.2) is 13.7 Å². The van der Waals surface area contributed by atoms with Gasteiger partial charge in [-0.2, -0.15) is 0 Å². The summed E-state index contributed by atoms with van der Waals surface area (Å²) < 4.78 is 30.3. The van der Waals surface area contributed by atoms with Crippen LogP contribution in [0.5, 0.6) is 0 Å². The van der Waals surface area contributed by atoms with Crippen molar-refractivity contribution in [1.29, 1.82) is 0 Å². The smallest absolute Gasteiger partial charge is 0.279 e. The fraction of sp³-hybridized carbons (Fsp3) is 0.533. The molecule has 0 bridgehead atoms. The summed E-state index contributed by atoms with van der Waals surface area (Å²) in [6.45, 7) is 2.99. The lowest BCUT2D eigenvalue weighted by Gasteiger charge is -2.34. The maximum Gasteiger partial charge on any atom is 0.311 e. The Labute approximate surface area is 130 Å². The van der Waals surface area contributed by atoms with Crippen molar-refractivity contribution < 1.29 is 13.8 Å². The van der Waals surface area contributed by atoms with Gasteiger partial charge in [-0.05, 0) is 49.9 Å². The van der Waals surface area contributed by atoms with Crippen LogP contribution in [0.15, 0.2) is 24.3 Å². The molecule has 0 saturated carbocycles. The molecule has 120 valence electrons. The Morgan fingerprint density at radius 1 is 0.955 bits per heavy atom. The molecule has 1 aromatic carbocycles. The fourth-order valence-corrected chi connectivity index (χ4v) is 5.75. The second-order valence-corrected chi connectivity index (χ2v) is 8.26. The van der Waals surface area contributed by atoms with Crippen molar-refractivity contribution in [3.63, 3.8) is 0 Å². The van der Waals surface area contributed by atoms with Crippen molar-refractivity contribution in [2.45, 2.75) is 25.7 Å². The SMILES string of the molecule is O=C(NP(=O)(N1CCCC1)N1CCCC1)c1ccc(F)cc1. The molecule has 0 spiro atoms. The lowest BCUT2D eigenvalue weighted by Crippen LogP contribution is -2.38. The minimum absolute atomic E-state index is 0.333. The molecular weight excluding hydrogens is 304 g/mol. The average molecular weight is 325 g/mol. The molecular formula is C15H21FN3O2P. The van der Waals surface area contributed by atoms with E-state index < -0.39 is 13.5 Å². The first kappa shape index (κ1) is 15.7. The quantitative estimate of drug-likeness (QED) is 0.865. The number of nitrogens with one attached hydrogen (secondary N) is 1. The third kappa shape index (κ3) is 3.09. The minimum atomic E-state index is -3.07. The first-order chi connectivity index (χ1) is 10.6. The summed E-state index contributed by atoms with van der Waals surface area (Å²) in [7, 11) is -3.07. The molecule has 1 aromatic rings. The normalized spacial score (nSPS) is 20.4. The van der Waals surface area contributed by atoms with Crippen molar-refractivity contribution in [2.75, 3.05) is 26.2 Å². The van der Waals surface area contributed by atoms with Gasteiger partial charge in [0.15, 0.2) is 0 Å². The Morgan fingerprint density at radius 2 is 1.41 bits per heavy atom. The number of carbonyl (C=O) groups is 1. The second kappa shape index (κ2) is 6.49. The lowest BCUT2D eigenvalue weighted by molar-refractivity contribution is 0.0974. The molecule has 0 radical (unpaired) electrons. The number of benzene rings is 1. The van der Waals surface area contributed by atoms with Crippen LogP contribution in [0.4, 0.5) is 4.39 Å². The maximum atomic E-state index is 13.5. The van der Waals surface area contributed by atoms with Crippen LogP contribution in [0.2, 0.25) is 0 Å². The predicted molar refractivity (Wildman–Crippen MR) is 83.1 cm³/mol. The van der Waals surface area contributed by atoms with Crippen molar-refractivity contribution in [2.24, 2.45) is 0 Å². The van der Waals surface area contributed by atoms with Gasteiger partial charge in [0.05, 0.1) is 0 Å². The molecule has 0 unspecified atom stereocenters. The number of amides is 1. The Bertz CT molecular complexity index is 561. The number of hydrogen-bond donors (Lipinski definition) is 1. The Morgan fingerprint density at radius 3 is 1.86 bits per heavy atom. The highest BCUT2D eigenvalue weighted by Gasteiger charge is 2.41. The van der Waals surface area contributed by atoms with Crippen LogP contribution >= 0.6 is 7.59 Å². The number of nitrogens with zero attached hydrogens (tertiary/aromatic N) is 2. The van der Waals surface area contributed by atoms with E-state index >= 15 is 0 Å². The highest BCUT2D eigenvalue weighted by molar-refractivity contribution is 7.57. The third-order valence-electron chi connectivity index (χ3n) is 4.29. The van der Waals surface area contributed by atoms with Gasteiger partial charge < -0.3 is 0 Å². The number of rotatable bonds is 4. The Balaban J connectivity index is 1.81. The highest BCUT2D eigenvalue weighted by Crippen LogP contribution is 2.52. The van der Waals surface area contributed by atoms with Crippen LogP contribution in [0.1, 0.15) is 36.0 Å². The monoisotopic (exact) mass is 325 g/mol. The topological polar surface area (TPSA) is 52.7 Å². The molecule has 2 heterocycles.